The fourth-order valence-electron chi connectivity index (χ4n) is 2.21. The maximum atomic E-state index is 11.6. The zero-order valence-electron chi connectivity index (χ0n) is 9.96. The summed E-state index contributed by atoms with van der Waals surface area (Å²) >= 11 is 0. The lowest BCUT2D eigenvalue weighted by Crippen LogP contribution is -2.52. The molecule has 0 aromatic carbocycles. The van der Waals surface area contributed by atoms with E-state index in [1.54, 1.807) is 0 Å². The molecule has 2 amide bonds. The number of amides is 2. The van der Waals surface area contributed by atoms with E-state index in [1.807, 2.05) is 0 Å². The third kappa shape index (κ3) is 3.11. The number of nitrogens with one attached hydrogen (secondary N) is 2. The molecule has 1 saturated heterocycles. The smallest absolute Gasteiger partial charge is 0.328 e. The molecule has 1 saturated carbocycles. The highest BCUT2D eigenvalue weighted by Crippen LogP contribution is 2.38. The molecule has 2 fully saturated rings. The van der Waals surface area contributed by atoms with E-state index in [9.17, 15) is 9.59 Å². The molecule has 1 heterocycles. The number of rotatable bonds is 5. The van der Waals surface area contributed by atoms with Crippen LogP contribution in [0.25, 0.3) is 0 Å². The third-order valence-corrected chi connectivity index (χ3v) is 3.32. The summed E-state index contributed by atoms with van der Waals surface area (Å²) in [6, 6.07) is -1.91. The lowest BCUT2D eigenvalue weighted by molar-refractivity contribution is -0.140. The number of urea groups is 1. The first-order chi connectivity index (χ1) is 8.61. The van der Waals surface area contributed by atoms with Crippen molar-refractivity contribution >= 4 is 12.0 Å². The summed E-state index contributed by atoms with van der Waals surface area (Å²) in [4.78, 5) is 22.3. The second-order valence-corrected chi connectivity index (χ2v) is 4.76. The molecule has 2 aliphatic rings. The van der Waals surface area contributed by atoms with Gasteiger partial charge in [-0.2, -0.15) is 0 Å². The van der Waals surface area contributed by atoms with Crippen LogP contribution in [0.15, 0.2) is 0 Å². The van der Waals surface area contributed by atoms with Gasteiger partial charge in [0.25, 0.3) is 0 Å². The van der Waals surface area contributed by atoms with Crippen LogP contribution in [0.4, 0.5) is 4.79 Å². The van der Waals surface area contributed by atoms with Crippen molar-refractivity contribution in [2.24, 2.45) is 5.92 Å². The lowest BCUT2D eigenvalue weighted by Gasteiger charge is -2.21. The minimum atomic E-state index is -1.27. The van der Waals surface area contributed by atoms with Crippen molar-refractivity contribution < 1.29 is 24.5 Å². The Balaban J connectivity index is 1.81. The number of aliphatic hydroxyl groups is 1. The Hall–Kier alpha value is -1.34. The van der Waals surface area contributed by atoms with Crippen LogP contribution in [0.2, 0.25) is 0 Å². The monoisotopic (exact) mass is 258 g/mol. The molecule has 0 aromatic rings. The number of aliphatic hydroxyl groups excluding tert-OH is 1. The molecule has 1 aliphatic heterocycles. The van der Waals surface area contributed by atoms with Crippen molar-refractivity contribution in [3.05, 3.63) is 0 Å². The van der Waals surface area contributed by atoms with Crippen LogP contribution in [-0.2, 0) is 9.53 Å². The van der Waals surface area contributed by atoms with Gasteiger partial charge < -0.3 is 25.6 Å². The zero-order chi connectivity index (χ0) is 13.1. The predicted octanol–water partition coefficient (Wildman–Crippen LogP) is -0.701. The van der Waals surface area contributed by atoms with Gasteiger partial charge >= 0.3 is 12.0 Å². The van der Waals surface area contributed by atoms with Gasteiger partial charge in [-0.1, -0.05) is 0 Å². The fraction of sp³-hybridized carbons (Fsp3) is 0.818. The number of carbonyl (C=O) groups excluding carboxylic acids is 1. The minimum Gasteiger partial charge on any atom is -0.480 e. The number of carbonyl (C=O) groups is 2. The maximum Gasteiger partial charge on any atom is 0.328 e. The highest BCUT2D eigenvalue weighted by molar-refractivity contribution is 5.82. The number of hydrogen-bond acceptors (Lipinski definition) is 4. The largest absolute Gasteiger partial charge is 0.480 e. The SMILES string of the molecule is O=C(NC(CO)C(=O)O)NC1CCOC1C1CC1. The van der Waals surface area contributed by atoms with Gasteiger partial charge in [-0.05, 0) is 25.2 Å². The summed E-state index contributed by atoms with van der Waals surface area (Å²) in [5.74, 6) is -0.736. The van der Waals surface area contributed by atoms with Gasteiger partial charge in [0.15, 0.2) is 6.04 Å². The van der Waals surface area contributed by atoms with Crippen molar-refractivity contribution in [1.29, 1.82) is 0 Å². The Kier molecular flexibility index (Phi) is 4.03. The Labute approximate surface area is 105 Å². The van der Waals surface area contributed by atoms with Crippen LogP contribution in [0.1, 0.15) is 19.3 Å². The fourth-order valence-corrected chi connectivity index (χ4v) is 2.21. The topological polar surface area (TPSA) is 108 Å². The van der Waals surface area contributed by atoms with E-state index in [0.29, 0.717) is 12.5 Å². The van der Waals surface area contributed by atoms with E-state index in [1.165, 1.54) is 0 Å². The molecule has 0 bridgehead atoms. The maximum absolute atomic E-state index is 11.6. The second kappa shape index (κ2) is 5.53. The van der Waals surface area contributed by atoms with Gasteiger partial charge in [0.1, 0.15) is 0 Å². The molecule has 0 radical (unpaired) electrons. The van der Waals surface area contributed by atoms with Crippen LogP contribution >= 0.6 is 0 Å². The zero-order valence-corrected chi connectivity index (χ0v) is 9.96. The quantitative estimate of drug-likeness (QED) is 0.521. The van der Waals surface area contributed by atoms with E-state index < -0.39 is 24.6 Å². The minimum absolute atomic E-state index is 0.0492. The van der Waals surface area contributed by atoms with Crippen LogP contribution in [0, 0.1) is 5.92 Å². The third-order valence-electron chi connectivity index (χ3n) is 3.32. The van der Waals surface area contributed by atoms with Gasteiger partial charge in [-0.25, -0.2) is 9.59 Å². The summed E-state index contributed by atoms with van der Waals surface area (Å²) in [6.45, 7) is -0.00948. The molecule has 7 nitrogen and oxygen atoms in total. The first kappa shape index (κ1) is 13.1. The van der Waals surface area contributed by atoms with Crippen LogP contribution in [-0.4, -0.2) is 53.6 Å². The summed E-state index contributed by atoms with van der Waals surface area (Å²) < 4.78 is 5.56. The van der Waals surface area contributed by atoms with Crippen molar-refractivity contribution in [1.82, 2.24) is 10.6 Å². The van der Waals surface area contributed by atoms with E-state index in [-0.39, 0.29) is 12.1 Å². The average molecular weight is 258 g/mol. The molecule has 2 rings (SSSR count). The highest BCUT2D eigenvalue weighted by atomic mass is 16.5. The highest BCUT2D eigenvalue weighted by Gasteiger charge is 2.41. The molecule has 3 atom stereocenters. The van der Waals surface area contributed by atoms with E-state index in [4.69, 9.17) is 14.9 Å². The van der Waals surface area contributed by atoms with Gasteiger partial charge in [-0.3, -0.25) is 0 Å². The van der Waals surface area contributed by atoms with Crippen LogP contribution < -0.4 is 10.6 Å². The van der Waals surface area contributed by atoms with E-state index in [2.05, 4.69) is 10.6 Å². The molecule has 7 heteroatoms. The number of carboxylic acids is 1. The number of carboxylic acid groups (broad SMARTS) is 1. The van der Waals surface area contributed by atoms with Crippen molar-refractivity contribution in [3.8, 4) is 0 Å². The molecule has 4 N–H and O–H groups in total. The number of aliphatic carboxylic acids is 1. The Bertz CT molecular complexity index is 331. The van der Waals surface area contributed by atoms with Crippen molar-refractivity contribution in [2.75, 3.05) is 13.2 Å². The average Bonchev–Trinajstić information content (AvgIpc) is 3.07. The lowest BCUT2D eigenvalue weighted by atomic mass is 10.1. The van der Waals surface area contributed by atoms with Gasteiger partial charge in [0, 0.05) is 6.61 Å². The van der Waals surface area contributed by atoms with E-state index >= 15 is 0 Å². The molecule has 18 heavy (non-hydrogen) atoms. The summed E-state index contributed by atoms with van der Waals surface area (Å²) in [6.07, 6.45) is 3.04. The Morgan fingerprint density at radius 2 is 2.06 bits per heavy atom. The molecule has 0 spiro atoms. The van der Waals surface area contributed by atoms with Crippen LogP contribution in [0.3, 0.4) is 0 Å². The normalized spacial score (nSPS) is 28.7. The van der Waals surface area contributed by atoms with Crippen molar-refractivity contribution in [2.45, 2.75) is 37.5 Å². The summed E-state index contributed by atoms with van der Waals surface area (Å²) in [5.41, 5.74) is 0. The van der Waals surface area contributed by atoms with Crippen molar-refractivity contribution in [3.63, 3.8) is 0 Å². The van der Waals surface area contributed by atoms with Gasteiger partial charge in [0.05, 0.1) is 18.8 Å². The molecular formula is C11H18N2O5. The van der Waals surface area contributed by atoms with E-state index in [0.717, 1.165) is 19.3 Å². The molecule has 0 aromatic heterocycles. The summed E-state index contributed by atoms with van der Waals surface area (Å²) in [7, 11) is 0. The van der Waals surface area contributed by atoms with Gasteiger partial charge in [0.2, 0.25) is 0 Å². The number of hydrogen-bond donors (Lipinski definition) is 4. The standard InChI is InChI=1S/C11H18N2O5/c14-5-8(10(15)16)13-11(17)12-7-3-4-18-9(7)6-1-2-6/h6-9,14H,1-5H2,(H,15,16)(H2,12,13,17). The molecule has 3 unspecified atom stereocenters. The molecular weight excluding hydrogens is 240 g/mol. The Morgan fingerprint density at radius 1 is 1.33 bits per heavy atom. The van der Waals surface area contributed by atoms with Gasteiger partial charge in [-0.15, -0.1) is 0 Å². The molecule has 102 valence electrons. The number of ether oxygens (including phenoxy) is 1. The first-order valence-corrected chi connectivity index (χ1v) is 6.14. The first-order valence-electron chi connectivity index (χ1n) is 6.14. The Morgan fingerprint density at radius 3 is 2.61 bits per heavy atom. The second-order valence-electron chi connectivity index (χ2n) is 4.76. The molecule has 1 aliphatic carbocycles. The van der Waals surface area contributed by atoms with Crippen LogP contribution in [0.5, 0.6) is 0 Å². The predicted molar refractivity (Wildman–Crippen MR) is 61.0 cm³/mol. The summed E-state index contributed by atoms with van der Waals surface area (Å²) in [5, 5.41) is 22.5.